The molecule has 0 aliphatic carbocycles. The number of pyridine rings is 1. The van der Waals surface area contributed by atoms with Crippen LogP contribution < -0.4 is 9.47 Å². The minimum Gasteiger partial charge on any atom is -0.493 e. The number of rotatable bonds is 6. The van der Waals surface area contributed by atoms with Crippen molar-refractivity contribution in [1.82, 2.24) is 9.88 Å². The Balaban J connectivity index is 1.75. The number of methoxy groups -OCH3 is 2. The van der Waals surface area contributed by atoms with Crippen molar-refractivity contribution in [3.8, 4) is 22.8 Å². The Morgan fingerprint density at radius 3 is 2.67 bits per heavy atom. The summed E-state index contributed by atoms with van der Waals surface area (Å²) >= 11 is 0. The number of hydrogen-bond acceptors (Lipinski definition) is 5. The van der Waals surface area contributed by atoms with Crippen LogP contribution in [0.15, 0.2) is 48.5 Å². The van der Waals surface area contributed by atoms with Crippen LogP contribution in [0.3, 0.4) is 0 Å². The molecule has 1 amide bonds. The van der Waals surface area contributed by atoms with Crippen molar-refractivity contribution in [1.29, 1.82) is 0 Å². The fraction of sp³-hybridized carbons (Fsp3) is 0.333. The minimum atomic E-state index is -0.0363. The number of aromatic nitrogens is 1. The number of fused-ring (bicyclic) bond motifs is 1. The molecule has 2 aromatic carbocycles. The molecular formula is C24H26N2O4. The molecule has 0 spiro atoms. The van der Waals surface area contributed by atoms with Gasteiger partial charge in [-0.05, 0) is 43.2 Å². The van der Waals surface area contributed by atoms with E-state index in [-0.39, 0.29) is 12.0 Å². The average Bonchev–Trinajstić information content (AvgIpc) is 3.30. The van der Waals surface area contributed by atoms with Crippen molar-refractivity contribution in [2.45, 2.75) is 18.9 Å². The number of ether oxygens (including phenoxy) is 3. The van der Waals surface area contributed by atoms with Crippen molar-refractivity contribution in [3.63, 3.8) is 0 Å². The molecule has 1 saturated heterocycles. The van der Waals surface area contributed by atoms with Gasteiger partial charge in [-0.3, -0.25) is 4.79 Å². The van der Waals surface area contributed by atoms with Gasteiger partial charge in [0.05, 0.1) is 37.1 Å². The zero-order chi connectivity index (χ0) is 21.1. The van der Waals surface area contributed by atoms with Crippen molar-refractivity contribution in [2.75, 3.05) is 34.4 Å². The second kappa shape index (κ2) is 8.71. The van der Waals surface area contributed by atoms with E-state index in [1.165, 1.54) is 0 Å². The van der Waals surface area contributed by atoms with Gasteiger partial charge in [0, 0.05) is 31.1 Å². The molecule has 6 heteroatoms. The molecule has 1 aromatic heterocycles. The molecule has 3 aromatic rings. The van der Waals surface area contributed by atoms with E-state index < -0.39 is 0 Å². The topological polar surface area (TPSA) is 60.9 Å². The number of hydrogen-bond donors (Lipinski definition) is 0. The zero-order valence-electron chi connectivity index (χ0n) is 17.6. The van der Waals surface area contributed by atoms with Crippen LogP contribution >= 0.6 is 0 Å². The van der Waals surface area contributed by atoms with Gasteiger partial charge < -0.3 is 19.1 Å². The lowest BCUT2D eigenvalue weighted by atomic mass is 10.0. The van der Waals surface area contributed by atoms with Crippen LogP contribution in [0.5, 0.6) is 11.5 Å². The van der Waals surface area contributed by atoms with Gasteiger partial charge in [-0.25, -0.2) is 4.98 Å². The summed E-state index contributed by atoms with van der Waals surface area (Å²) < 4.78 is 16.5. The van der Waals surface area contributed by atoms with E-state index >= 15 is 0 Å². The highest BCUT2D eigenvalue weighted by molar-refractivity contribution is 6.07. The van der Waals surface area contributed by atoms with Crippen LogP contribution in [0.4, 0.5) is 0 Å². The standard InChI is InChI=1S/C24H26N2O4/c1-26(15-17-7-6-12-30-17)24(27)19-14-21(25-20-9-5-4-8-18(19)20)16-10-11-22(28-2)23(13-16)29-3/h4-5,8-11,13-14,17H,6-7,12,15H2,1-3H3. The van der Waals surface area contributed by atoms with Gasteiger partial charge in [0.1, 0.15) is 0 Å². The Labute approximate surface area is 176 Å². The van der Waals surface area contributed by atoms with Crippen LogP contribution in [0.1, 0.15) is 23.2 Å². The van der Waals surface area contributed by atoms with Gasteiger partial charge >= 0.3 is 0 Å². The van der Waals surface area contributed by atoms with Gasteiger partial charge in [0.2, 0.25) is 0 Å². The summed E-state index contributed by atoms with van der Waals surface area (Å²) in [6, 6.07) is 15.2. The number of benzene rings is 2. The van der Waals surface area contributed by atoms with E-state index in [9.17, 15) is 4.79 Å². The van der Waals surface area contributed by atoms with Gasteiger partial charge in [-0.2, -0.15) is 0 Å². The predicted molar refractivity (Wildman–Crippen MR) is 116 cm³/mol. The van der Waals surface area contributed by atoms with E-state index in [1.54, 1.807) is 19.1 Å². The number of nitrogens with zero attached hydrogens (tertiary/aromatic N) is 2. The zero-order valence-corrected chi connectivity index (χ0v) is 17.6. The SMILES string of the molecule is COc1ccc(-c2cc(C(=O)N(C)CC3CCCO3)c3ccccc3n2)cc1OC. The molecule has 1 fully saturated rings. The molecule has 0 N–H and O–H groups in total. The molecular weight excluding hydrogens is 380 g/mol. The summed E-state index contributed by atoms with van der Waals surface area (Å²) in [7, 11) is 5.03. The first kappa shape index (κ1) is 20.2. The highest BCUT2D eigenvalue weighted by Gasteiger charge is 2.23. The third-order valence-electron chi connectivity index (χ3n) is 5.47. The number of para-hydroxylation sites is 1. The van der Waals surface area contributed by atoms with Crippen LogP contribution in [0.25, 0.3) is 22.2 Å². The lowest BCUT2D eigenvalue weighted by Gasteiger charge is -2.22. The van der Waals surface area contributed by atoms with Crippen LogP contribution in [-0.2, 0) is 4.74 Å². The summed E-state index contributed by atoms with van der Waals surface area (Å²) in [6.07, 6.45) is 2.15. The molecule has 2 heterocycles. The van der Waals surface area contributed by atoms with E-state index in [2.05, 4.69) is 0 Å². The fourth-order valence-corrected chi connectivity index (χ4v) is 3.88. The molecule has 156 valence electrons. The van der Waals surface area contributed by atoms with Crippen molar-refractivity contribution in [3.05, 3.63) is 54.1 Å². The highest BCUT2D eigenvalue weighted by atomic mass is 16.5. The monoisotopic (exact) mass is 406 g/mol. The summed E-state index contributed by atoms with van der Waals surface area (Å²) in [5.74, 6) is 1.23. The minimum absolute atomic E-state index is 0.0363. The maximum absolute atomic E-state index is 13.4. The molecule has 4 rings (SSSR count). The van der Waals surface area contributed by atoms with Crippen LogP contribution in [0.2, 0.25) is 0 Å². The molecule has 30 heavy (non-hydrogen) atoms. The number of carbonyl (C=O) groups is 1. The lowest BCUT2D eigenvalue weighted by molar-refractivity contribution is 0.0588. The normalized spacial score (nSPS) is 15.9. The Morgan fingerprint density at radius 2 is 1.93 bits per heavy atom. The largest absolute Gasteiger partial charge is 0.493 e. The Kier molecular flexibility index (Phi) is 5.86. The Bertz CT molecular complexity index is 1060. The lowest BCUT2D eigenvalue weighted by Crippen LogP contribution is -2.34. The highest BCUT2D eigenvalue weighted by Crippen LogP contribution is 2.33. The molecule has 1 atom stereocenters. The average molecular weight is 406 g/mol. The van der Waals surface area contributed by atoms with Gasteiger partial charge in [-0.15, -0.1) is 0 Å². The van der Waals surface area contributed by atoms with E-state index in [0.29, 0.717) is 29.3 Å². The van der Waals surface area contributed by atoms with Gasteiger partial charge in [0.15, 0.2) is 11.5 Å². The van der Waals surface area contributed by atoms with Crippen LogP contribution in [-0.4, -0.2) is 56.3 Å². The first-order valence-corrected chi connectivity index (χ1v) is 10.1. The summed E-state index contributed by atoms with van der Waals surface area (Å²) in [6.45, 7) is 1.36. The molecule has 0 radical (unpaired) electrons. The van der Waals surface area contributed by atoms with E-state index in [0.717, 1.165) is 35.9 Å². The molecule has 0 saturated carbocycles. The summed E-state index contributed by atoms with van der Waals surface area (Å²) in [5, 5.41) is 0.839. The first-order chi connectivity index (χ1) is 14.6. The fourth-order valence-electron chi connectivity index (χ4n) is 3.88. The van der Waals surface area contributed by atoms with Gasteiger partial charge in [-0.1, -0.05) is 18.2 Å². The van der Waals surface area contributed by atoms with Crippen molar-refractivity contribution >= 4 is 16.8 Å². The molecule has 0 bridgehead atoms. The quantitative estimate of drug-likeness (QED) is 0.615. The van der Waals surface area contributed by atoms with Crippen molar-refractivity contribution < 1.29 is 19.0 Å². The second-order valence-corrected chi connectivity index (χ2v) is 7.46. The molecule has 1 aliphatic heterocycles. The molecule has 6 nitrogen and oxygen atoms in total. The van der Waals surface area contributed by atoms with Crippen molar-refractivity contribution in [2.24, 2.45) is 0 Å². The third-order valence-corrected chi connectivity index (χ3v) is 5.47. The number of likely N-dealkylation sites (N-methyl/N-ethyl adjacent to an activating group) is 1. The smallest absolute Gasteiger partial charge is 0.254 e. The van der Waals surface area contributed by atoms with E-state index in [1.807, 2.05) is 55.6 Å². The third kappa shape index (κ3) is 3.96. The summed E-state index contributed by atoms with van der Waals surface area (Å²) in [5.41, 5.74) is 2.97. The second-order valence-electron chi connectivity index (χ2n) is 7.46. The van der Waals surface area contributed by atoms with E-state index in [4.69, 9.17) is 19.2 Å². The molecule has 1 aliphatic rings. The maximum Gasteiger partial charge on any atom is 0.254 e. The van der Waals surface area contributed by atoms with Gasteiger partial charge in [0.25, 0.3) is 5.91 Å². The number of amides is 1. The maximum atomic E-state index is 13.4. The Hall–Kier alpha value is -3.12. The predicted octanol–water partition coefficient (Wildman–Crippen LogP) is 4.17. The summed E-state index contributed by atoms with van der Waals surface area (Å²) in [4.78, 5) is 19.9. The first-order valence-electron chi connectivity index (χ1n) is 10.1. The molecule has 1 unspecified atom stereocenters. The van der Waals surface area contributed by atoms with Crippen LogP contribution in [0, 0.1) is 0 Å². The number of carbonyl (C=O) groups excluding carboxylic acids is 1. The Morgan fingerprint density at radius 1 is 1.13 bits per heavy atom.